The van der Waals surface area contributed by atoms with Gasteiger partial charge in [0.05, 0.1) is 17.0 Å². The van der Waals surface area contributed by atoms with E-state index in [1.165, 1.54) is 12.1 Å². The molecule has 0 amide bonds. The fraction of sp³-hybridized carbons (Fsp3) is 0.174. The molecule has 0 saturated carbocycles. The quantitative estimate of drug-likeness (QED) is 0.448. The fourth-order valence-electron chi connectivity index (χ4n) is 4.13. The number of rotatable bonds is 2. The molecule has 29 heavy (non-hydrogen) atoms. The van der Waals surface area contributed by atoms with Crippen molar-refractivity contribution in [3.05, 3.63) is 88.1 Å². The highest BCUT2D eigenvalue weighted by Gasteiger charge is 2.30. The molecule has 0 saturated heterocycles. The van der Waals surface area contributed by atoms with Gasteiger partial charge in [0.2, 0.25) is 0 Å². The number of halogens is 2. The maximum atomic E-state index is 13.3. The summed E-state index contributed by atoms with van der Waals surface area (Å²) in [6.45, 7) is 1.94. The lowest BCUT2D eigenvalue weighted by Gasteiger charge is -2.24. The minimum absolute atomic E-state index is 0.00955. The first-order valence-corrected chi connectivity index (χ1v) is 9.81. The van der Waals surface area contributed by atoms with Crippen molar-refractivity contribution in [1.29, 1.82) is 0 Å². The van der Waals surface area contributed by atoms with Crippen LogP contribution >= 0.6 is 11.6 Å². The summed E-state index contributed by atoms with van der Waals surface area (Å²) in [6, 6.07) is 14.0. The van der Waals surface area contributed by atoms with Crippen LogP contribution in [0.5, 0.6) is 0 Å². The van der Waals surface area contributed by atoms with E-state index in [1.54, 1.807) is 22.8 Å². The van der Waals surface area contributed by atoms with E-state index < -0.39 is 0 Å². The lowest BCUT2D eigenvalue weighted by molar-refractivity contribution is 0.0962. The van der Waals surface area contributed by atoms with Crippen molar-refractivity contribution in [2.75, 3.05) is 0 Å². The molecule has 2 heterocycles. The second-order valence-corrected chi connectivity index (χ2v) is 7.84. The van der Waals surface area contributed by atoms with Crippen LogP contribution in [0.3, 0.4) is 0 Å². The lowest BCUT2D eigenvalue weighted by Crippen LogP contribution is -2.22. The number of fused-ring (bicyclic) bond motifs is 3. The van der Waals surface area contributed by atoms with Crippen LogP contribution in [0, 0.1) is 12.7 Å². The molecule has 2 aromatic heterocycles. The first kappa shape index (κ1) is 18.0. The molecule has 0 unspecified atom stereocenters. The van der Waals surface area contributed by atoms with Crippen LogP contribution in [0.2, 0.25) is 5.02 Å². The van der Waals surface area contributed by atoms with Crippen molar-refractivity contribution in [1.82, 2.24) is 14.6 Å². The number of hydrogen-bond acceptors (Lipinski definition) is 3. The predicted molar refractivity (Wildman–Crippen MR) is 110 cm³/mol. The average Bonchev–Trinajstić information content (AvgIpc) is 3.05. The van der Waals surface area contributed by atoms with Gasteiger partial charge < -0.3 is 0 Å². The molecule has 0 bridgehead atoms. The maximum Gasteiger partial charge on any atom is 0.166 e. The Bertz CT molecular complexity index is 1250. The first-order valence-electron chi connectivity index (χ1n) is 9.43. The summed E-state index contributed by atoms with van der Waals surface area (Å²) in [4.78, 5) is 17.4. The van der Waals surface area contributed by atoms with Crippen molar-refractivity contribution in [2.45, 2.75) is 25.7 Å². The van der Waals surface area contributed by atoms with Crippen LogP contribution in [0.25, 0.3) is 16.8 Å². The Kier molecular flexibility index (Phi) is 4.21. The third-order valence-corrected chi connectivity index (χ3v) is 5.82. The molecule has 0 fully saturated rings. The molecule has 1 aliphatic carbocycles. The zero-order valence-electron chi connectivity index (χ0n) is 15.7. The molecule has 0 N–H and O–H groups in total. The molecule has 5 rings (SSSR count). The van der Waals surface area contributed by atoms with Gasteiger partial charge in [0, 0.05) is 23.2 Å². The van der Waals surface area contributed by atoms with Crippen molar-refractivity contribution >= 4 is 23.0 Å². The molecule has 4 aromatic rings. The van der Waals surface area contributed by atoms with Gasteiger partial charge in [0.1, 0.15) is 5.82 Å². The van der Waals surface area contributed by atoms with Gasteiger partial charge in [-0.3, -0.25) is 4.79 Å². The van der Waals surface area contributed by atoms with Crippen LogP contribution in [0.1, 0.15) is 39.6 Å². The normalized spacial score (nSPS) is 16.2. The van der Waals surface area contributed by atoms with Crippen molar-refractivity contribution in [3.8, 4) is 11.1 Å². The minimum Gasteiger partial charge on any atom is -0.294 e. The highest BCUT2D eigenvalue weighted by atomic mass is 35.5. The number of carbonyl (C=O) groups is 1. The largest absolute Gasteiger partial charge is 0.294 e. The summed E-state index contributed by atoms with van der Waals surface area (Å²) >= 11 is 6.03. The average molecular weight is 406 g/mol. The topological polar surface area (TPSA) is 47.3 Å². The van der Waals surface area contributed by atoms with Crippen molar-refractivity contribution in [2.24, 2.45) is 0 Å². The highest BCUT2D eigenvalue weighted by Crippen LogP contribution is 2.35. The van der Waals surface area contributed by atoms with Crippen LogP contribution < -0.4 is 0 Å². The van der Waals surface area contributed by atoms with Gasteiger partial charge in [-0.2, -0.15) is 5.10 Å². The van der Waals surface area contributed by atoms with E-state index in [0.29, 0.717) is 23.4 Å². The Morgan fingerprint density at radius 2 is 1.79 bits per heavy atom. The monoisotopic (exact) mass is 405 g/mol. The van der Waals surface area contributed by atoms with Crippen molar-refractivity contribution < 1.29 is 9.18 Å². The van der Waals surface area contributed by atoms with Gasteiger partial charge in [-0.1, -0.05) is 35.9 Å². The Balaban J connectivity index is 1.65. The molecule has 6 heteroatoms. The van der Waals surface area contributed by atoms with Crippen LogP contribution in [-0.2, 0) is 6.42 Å². The van der Waals surface area contributed by atoms with E-state index >= 15 is 0 Å². The first-order chi connectivity index (χ1) is 14.0. The molecule has 4 nitrogen and oxygen atoms in total. The molecule has 1 atom stereocenters. The smallest absolute Gasteiger partial charge is 0.166 e. The number of hydrogen-bond donors (Lipinski definition) is 0. The summed E-state index contributed by atoms with van der Waals surface area (Å²) in [6.07, 6.45) is 2.69. The number of aromatic nitrogens is 3. The van der Waals surface area contributed by atoms with Gasteiger partial charge >= 0.3 is 0 Å². The van der Waals surface area contributed by atoms with E-state index in [1.807, 2.05) is 31.2 Å². The summed E-state index contributed by atoms with van der Waals surface area (Å²) in [5.41, 5.74) is 5.88. The van der Waals surface area contributed by atoms with Crippen LogP contribution in [0.4, 0.5) is 4.39 Å². The number of benzene rings is 2. The van der Waals surface area contributed by atoms with Gasteiger partial charge in [-0.25, -0.2) is 13.9 Å². The number of aryl methyl sites for hydroxylation is 1. The number of ketones is 1. The molecular formula is C23H17ClFN3O. The Morgan fingerprint density at radius 1 is 1.07 bits per heavy atom. The molecule has 144 valence electrons. The molecular weight excluding hydrogens is 389 g/mol. The Labute approximate surface area is 172 Å². The SMILES string of the molecule is Cc1nn2c3c(cnc2c1-c1ccc(Cl)cc1)C(=O)C[C@H](c1ccc(F)cc1)C3. The van der Waals surface area contributed by atoms with Gasteiger partial charge in [0.15, 0.2) is 11.4 Å². The predicted octanol–water partition coefficient (Wildman–Crippen LogP) is 5.41. The molecule has 0 radical (unpaired) electrons. The summed E-state index contributed by atoms with van der Waals surface area (Å²) in [7, 11) is 0. The van der Waals surface area contributed by atoms with E-state index in [9.17, 15) is 9.18 Å². The van der Waals surface area contributed by atoms with E-state index in [4.69, 9.17) is 16.7 Å². The second kappa shape index (κ2) is 6.78. The summed E-state index contributed by atoms with van der Waals surface area (Å²) < 4.78 is 15.1. The number of Topliss-reactive ketones (excluding diaryl/α,β-unsaturated/α-hetero) is 1. The van der Waals surface area contributed by atoms with E-state index in [-0.39, 0.29) is 17.5 Å². The third kappa shape index (κ3) is 3.02. The summed E-state index contributed by atoms with van der Waals surface area (Å²) in [5.74, 6) is -0.251. The third-order valence-electron chi connectivity index (χ3n) is 5.56. The second-order valence-electron chi connectivity index (χ2n) is 7.40. The van der Waals surface area contributed by atoms with Crippen LogP contribution in [0.15, 0.2) is 54.7 Å². The number of nitrogens with zero attached hydrogens (tertiary/aromatic N) is 3. The van der Waals surface area contributed by atoms with Gasteiger partial charge in [-0.15, -0.1) is 0 Å². The zero-order valence-corrected chi connectivity index (χ0v) is 16.4. The maximum absolute atomic E-state index is 13.3. The minimum atomic E-state index is -0.279. The van der Waals surface area contributed by atoms with Crippen molar-refractivity contribution in [3.63, 3.8) is 0 Å². The van der Waals surface area contributed by atoms with E-state index in [0.717, 1.165) is 33.7 Å². The fourth-order valence-corrected chi connectivity index (χ4v) is 4.26. The Hall–Kier alpha value is -3.05. The number of carbonyl (C=O) groups excluding carboxylic acids is 1. The highest BCUT2D eigenvalue weighted by molar-refractivity contribution is 6.30. The zero-order chi connectivity index (χ0) is 20.1. The molecule has 2 aromatic carbocycles. The molecule has 1 aliphatic rings. The van der Waals surface area contributed by atoms with Gasteiger partial charge in [-0.05, 0) is 54.7 Å². The standard InChI is InChI=1S/C23H17ClFN3O/c1-13-22(15-2-6-17(24)7-3-15)23-26-12-19-20(28(23)27-13)10-16(11-21(19)29)14-4-8-18(25)9-5-14/h2-9,12,16H,10-11H2,1H3/t16-/m1/s1. The summed E-state index contributed by atoms with van der Waals surface area (Å²) in [5, 5.41) is 5.38. The van der Waals surface area contributed by atoms with Gasteiger partial charge in [0.25, 0.3) is 0 Å². The van der Waals surface area contributed by atoms with E-state index in [2.05, 4.69) is 4.98 Å². The molecule has 0 aliphatic heterocycles. The molecule has 0 spiro atoms. The Morgan fingerprint density at radius 3 is 2.52 bits per heavy atom. The lowest BCUT2D eigenvalue weighted by atomic mass is 9.82. The van der Waals surface area contributed by atoms with Crippen LogP contribution in [-0.4, -0.2) is 20.4 Å².